The van der Waals surface area contributed by atoms with E-state index >= 15 is 0 Å². The van der Waals surface area contributed by atoms with Crippen molar-refractivity contribution < 1.29 is 17.9 Å². The third kappa shape index (κ3) is 3.55. The average molecular weight is 373 g/mol. The van der Waals surface area contributed by atoms with E-state index in [-0.39, 0.29) is 12.5 Å². The molecule has 0 atom stereocenters. The molecule has 2 heterocycles. The first kappa shape index (κ1) is 16.8. The summed E-state index contributed by atoms with van der Waals surface area (Å²) in [5.74, 6) is -0.125. The zero-order chi connectivity index (χ0) is 17.3. The summed E-state index contributed by atoms with van der Waals surface area (Å²) in [5.41, 5.74) is 0.232. The van der Waals surface area contributed by atoms with Crippen LogP contribution in [0.4, 0.5) is 13.2 Å². The molecular formula is C16H9Cl2F3N2O. The topological polar surface area (TPSA) is 35.0 Å². The van der Waals surface area contributed by atoms with Gasteiger partial charge in [-0.3, -0.25) is 4.98 Å². The number of rotatable bonds is 3. The Morgan fingerprint density at radius 2 is 1.88 bits per heavy atom. The number of hydrogen-bond donors (Lipinski definition) is 0. The number of nitrogens with zero attached hydrogens (tertiary/aromatic N) is 2. The van der Waals surface area contributed by atoms with E-state index in [1.165, 1.54) is 12.1 Å². The third-order valence-electron chi connectivity index (χ3n) is 3.23. The SMILES string of the molecule is FC(F)(F)c1cccc(OCc2ccnc3cc(Cl)cc(Cl)c23)n1. The van der Waals surface area contributed by atoms with E-state index < -0.39 is 11.9 Å². The first-order chi connectivity index (χ1) is 11.3. The van der Waals surface area contributed by atoms with Crippen LogP contribution in [0.3, 0.4) is 0 Å². The highest BCUT2D eigenvalue weighted by Crippen LogP contribution is 2.31. The lowest BCUT2D eigenvalue weighted by Gasteiger charge is -2.11. The fourth-order valence-corrected chi connectivity index (χ4v) is 2.80. The molecule has 0 aliphatic carbocycles. The van der Waals surface area contributed by atoms with Gasteiger partial charge in [0, 0.05) is 28.2 Å². The summed E-state index contributed by atoms with van der Waals surface area (Å²) in [4.78, 5) is 7.63. The highest BCUT2D eigenvalue weighted by Gasteiger charge is 2.32. The van der Waals surface area contributed by atoms with Crippen LogP contribution in [0.15, 0.2) is 42.6 Å². The molecule has 3 rings (SSSR count). The summed E-state index contributed by atoms with van der Waals surface area (Å²) in [6.07, 6.45) is -2.98. The minimum atomic E-state index is -4.53. The maximum atomic E-state index is 12.7. The van der Waals surface area contributed by atoms with Crippen molar-refractivity contribution in [2.45, 2.75) is 12.8 Å². The molecule has 0 fully saturated rings. The first-order valence-electron chi connectivity index (χ1n) is 6.74. The van der Waals surface area contributed by atoms with Crippen molar-refractivity contribution >= 4 is 34.1 Å². The van der Waals surface area contributed by atoms with Crippen molar-refractivity contribution in [1.29, 1.82) is 0 Å². The van der Waals surface area contributed by atoms with E-state index in [1.807, 2.05) is 0 Å². The minimum Gasteiger partial charge on any atom is -0.473 e. The number of ether oxygens (including phenoxy) is 1. The highest BCUT2D eigenvalue weighted by molar-refractivity contribution is 6.38. The lowest BCUT2D eigenvalue weighted by Crippen LogP contribution is -2.09. The van der Waals surface area contributed by atoms with Gasteiger partial charge in [-0.2, -0.15) is 13.2 Å². The van der Waals surface area contributed by atoms with Gasteiger partial charge in [0.2, 0.25) is 5.88 Å². The summed E-state index contributed by atoms with van der Waals surface area (Å²) < 4.78 is 43.4. The number of halogens is 5. The Hall–Kier alpha value is -2.05. The fourth-order valence-electron chi connectivity index (χ4n) is 2.20. The summed E-state index contributed by atoms with van der Waals surface area (Å²) in [6, 6.07) is 8.37. The number of alkyl halides is 3. The second-order valence-corrected chi connectivity index (χ2v) is 5.74. The molecular weight excluding hydrogens is 364 g/mol. The van der Waals surface area contributed by atoms with E-state index in [4.69, 9.17) is 27.9 Å². The van der Waals surface area contributed by atoms with E-state index in [0.717, 1.165) is 6.07 Å². The monoisotopic (exact) mass is 372 g/mol. The predicted octanol–water partition coefficient (Wildman–Crippen LogP) is 5.53. The van der Waals surface area contributed by atoms with Crippen molar-refractivity contribution in [2.24, 2.45) is 0 Å². The molecule has 124 valence electrons. The standard InChI is InChI=1S/C16H9Cl2F3N2O/c17-10-6-11(18)15-9(4-5-22-12(15)7-10)8-24-14-3-1-2-13(23-14)16(19,20)21/h1-7H,8H2. The molecule has 2 aromatic heterocycles. The zero-order valence-corrected chi connectivity index (χ0v) is 13.5. The van der Waals surface area contributed by atoms with Crippen molar-refractivity contribution in [1.82, 2.24) is 9.97 Å². The summed E-state index contributed by atoms with van der Waals surface area (Å²) in [6.45, 7) is -0.00527. The van der Waals surface area contributed by atoms with E-state index in [2.05, 4.69) is 9.97 Å². The van der Waals surface area contributed by atoms with Gasteiger partial charge in [0.15, 0.2) is 0 Å². The van der Waals surface area contributed by atoms with E-state index in [0.29, 0.717) is 26.5 Å². The molecule has 0 saturated heterocycles. The van der Waals surface area contributed by atoms with Gasteiger partial charge in [-0.05, 0) is 24.3 Å². The summed E-state index contributed by atoms with van der Waals surface area (Å²) in [7, 11) is 0. The van der Waals surface area contributed by atoms with Crippen molar-refractivity contribution in [3.05, 3.63) is 63.9 Å². The van der Waals surface area contributed by atoms with Gasteiger partial charge in [-0.15, -0.1) is 0 Å². The largest absolute Gasteiger partial charge is 0.473 e. The van der Waals surface area contributed by atoms with E-state index in [1.54, 1.807) is 24.4 Å². The number of pyridine rings is 2. The fraction of sp³-hybridized carbons (Fsp3) is 0.125. The van der Waals surface area contributed by atoms with Gasteiger partial charge in [0.25, 0.3) is 0 Å². The maximum Gasteiger partial charge on any atom is 0.433 e. The Labute approximate surface area is 145 Å². The lowest BCUT2D eigenvalue weighted by atomic mass is 10.1. The lowest BCUT2D eigenvalue weighted by molar-refractivity contribution is -0.141. The average Bonchev–Trinajstić information content (AvgIpc) is 2.51. The molecule has 0 aliphatic rings. The smallest absolute Gasteiger partial charge is 0.433 e. The Morgan fingerprint density at radius 3 is 2.62 bits per heavy atom. The van der Waals surface area contributed by atoms with Crippen LogP contribution in [0.2, 0.25) is 10.0 Å². The first-order valence-corrected chi connectivity index (χ1v) is 7.50. The Kier molecular flexibility index (Phi) is 4.51. The highest BCUT2D eigenvalue weighted by atomic mass is 35.5. The van der Waals surface area contributed by atoms with Gasteiger partial charge >= 0.3 is 6.18 Å². The number of benzene rings is 1. The normalized spacial score (nSPS) is 11.7. The van der Waals surface area contributed by atoms with Gasteiger partial charge < -0.3 is 4.74 Å². The van der Waals surface area contributed by atoms with Crippen LogP contribution in [0, 0.1) is 0 Å². The molecule has 0 spiro atoms. The van der Waals surface area contributed by atoms with Crippen LogP contribution in [0.5, 0.6) is 5.88 Å². The maximum absolute atomic E-state index is 12.7. The van der Waals surface area contributed by atoms with Crippen molar-refractivity contribution in [3.8, 4) is 5.88 Å². The summed E-state index contributed by atoms with van der Waals surface area (Å²) in [5, 5.41) is 1.47. The van der Waals surface area contributed by atoms with Crippen molar-refractivity contribution in [3.63, 3.8) is 0 Å². The van der Waals surface area contributed by atoms with Crippen LogP contribution in [-0.4, -0.2) is 9.97 Å². The number of aromatic nitrogens is 2. The second kappa shape index (κ2) is 6.45. The molecule has 0 unspecified atom stereocenters. The molecule has 8 heteroatoms. The molecule has 1 aromatic carbocycles. The molecule has 0 aliphatic heterocycles. The molecule has 0 amide bonds. The molecule has 3 nitrogen and oxygen atoms in total. The van der Waals surface area contributed by atoms with Crippen LogP contribution in [0.25, 0.3) is 10.9 Å². The van der Waals surface area contributed by atoms with Gasteiger partial charge in [0.05, 0.1) is 10.5 Å². The number of fused-ring (bicyclic) bond motifs is 1. The van der Waals surface area contributed by atoms with Gasteiger partial charge in [0.1, 0.15) is 12.3 Å². The van der Waals surface area contributed by atoms with Crippen LogP contribution >= 0.6 is 23.2 Å². The third-order valence-corrected chi connectivity index (χ3v) is 3.75. The van der Waals surface area contributed by atoms with E-state index in [9.17, 15) is 13.2 Å². The Bertz CT molecular complexity index is 900. The molecule has 3 aromatic rings. The van der Waals surface area contributed by atoms with Gasteiger partial charge in [-0.1, -0.05) is 29.3 Å². The quantitative estimate of drug-likeness (QED) is 0.605. The Morgan fingerprint density at radius 1 is 1.08 bits per heavy atom. The zero-order valence-electron chi connectivity index (χ0n) is 11.9. The van der Waals surface area contributed by atoms with Crippen LogP contribution in [0.1, 0.15) is 11.3 Å². The molecule has 0 N–H and O–H groups in total. The number of hydrogen-bond acceptors (Lipinski definition) is 3. The van der Waals surface area contributed by atoms with Gasteiger partial charge in [-0.25, -0.2) is 4.98 Å². The van der Waals surface area contributed by atoms with Crippen molar-refractivity contribution in [2.75, 3.05) is 0 Å². The molecule has 24 heavy (non-hydrogen) atoms. The minimum absolute atomic E-state index is 0.00527. The Balaban J connectivity index is 1.89. The second-order valence-electron chi connectivity index (χ2n) is 4.90. The van der Waals surface area contributed by atoms with Crippen LogP contribution in [-0.2, 0) is 12.8 Å². The predicted molar refractivity (Wildman–Crippen MR) is 85.3 cm³/mol. The molecule has 0 radical (unpaired) electrons. The van der Waals surface area contributed by atoms with Crippen LogP contribution < -0.4 is 4.74 Å². The molecule has 0 bridgehead atoms. The molecule has 0 saturated carbocycles. The summed E-state index contributed by atoms with van der Waals surface area (Å²) >= 11 is 12.1.